The zero-order chi connectivity index (χ0) is 11.8. The van der Waals surface area contributed by atoms with E-state index in [-0.39, 0.29) is 5.48 Å². The standard InChI is InChI=1S/C14H26.C2H6.H2O/c1-2-3-4-7-13-10-11-14(13)12-8-5-6-9-12;1-2;/h12-14H,2-11H2,1H3;1-2H3;1H2. The van der Waals surface area contributed by atoms with Crippen LogP contribution in [0.1, 0.15) is 85.0 Å². The van der Waals surface area contributed by atoms with E-state index in [1.807, 2.05) is 13.8 Å². The van der Waals surface area contributed by atoms with E-state index < -0.39 is 0 Å². The molecule has 2 rings (SSSR count). The Morgan fingerprint density at radius 3 is 2.00 bits per heavy atom. The lowest BCUT2D eigenvalue weighted by Crippen LogP contribution is -2.31. The molecule has 0 aromatic rings. The first-order valence-corrected chi connectivity index (χ1v) is 7.92. The van der Waals surface area contributed by atoms with E-state index in [0.717, 1.165) is 17.8 Å². The molecule has 2 N–H and O–H groups in total. The number of unbranched alkanes of at least 4 members (excludes halogenated alkanes) is 2. The van der Waals surface area contributed by atoms with Crippen LogP contribution in [0.4, 0.5) is 0 Å². The van der Waals surface area contributed by atoms with Crippen LogP contribution < -0.4 is 0 Å². The van der Waals surface area contributed by atoms with Gasteiger partial charge in [0.2, 0.25) is 0 Å². The molecule has 0 aromatic heterocycles. The Labute approximate surface area is 109 Å². The molecule has 2 fully saturated rings. The second-order valence-electron chi connectivity index (χ2n) is 5.54. The Balaban J connectivity index is 0.000000811. The van der Waals surface area contributed by atoms with Crippen LogP contribution in [0.25, 0.3) is 0 Å². The van der Waals surface area contributed by atoms with Crippen molar-refractivity contribution in [3.8, 4) is 0 Å². The van der Waals surface area contributed by atoms with Gasteiger partial charge in [0.15, 0.2) is 0 Å². The fourth-order valence-electron chi connectivity index (χ4n) is 3.62. The molecule has 2 aliphatic rings. The molecule has 0 spiro atoms. The van der Waals surface area contributed by atoms with Crippen molar-refractivity contribution in [3.63, 3.8) is 0 Å². The van der Waals surface area contributed by atoms with Crippen LogP contribution in [0, 0.1) is 17.8 Å². The number of hydrogen-bond donors (Lipinski definition) is 0. The van der Waals surface area contributed by atoms with Crippen molar-refractivity contribution in [3.05, 3.63) is 0 Å². The molecular weight excluding hydrogens is 208 g/mol. The van der Waals surface area contributed by atoms with E-state index in [0.29, 0.717) is 0 Å². The quantitative estimate of drug-likeness (QED) is 0.609. The summed E-state index contributed by atoms with van der Waals surface area (Å²) in [5, 5.41) is 0. The maximum absolute atomic E-state index is 2.31. The first-order valence-electron chi connectivity index (χ1n) is 7.92. The van der Waals surface area contributed by atoms with Gasteiger partial charge in [0.05, 0.1) is 0 Å². The monoisotopic (exact) mass is 242 g/mol. The van der Waals surface area contributed by atoms with Crippen molar-refractivity contribution in [2.24, 2.45) is 17.8 Å². The van der Waals surface area contributed by atoms with Gasteiger partial charge in [0.25, 0.3) is 0 Å². The molecular formula is C16H34O. The molecule has 0 bridgehead atoms. The van der Waals surface area contributed by atoms with Gasteiger partial charge in [-0.1, -0.05) is 72.1 Å². The molecule has 0 aliphatic heterocycles. The maximum Gasteiger partial charge on any atom is -0.0357 e. The van der Waals surface area contributed by atoms with Crippen molar-refractivity contribution in [1.82, 2.24) is 0 Å². The topological polar surface area (TPSA) is 31.5 Å². The first-order chi connectivity index (χ1) is 7.92. The summed E-state index contributed by atoms with van der Waals surface area (Å²) in [6, 6.07) is 0. The van der Waals surface area contributed by atoms with E-state index in [9.17, 15) is 0 Å². The summed E-state index contributed by atoms with van der Waals surface area (Å²) in [6.45, 7) is 6.31. The van der Waals surface area contributed by atoms with Gasteiger partial charge in [-0.2, -0.15) is 0 Å². The Morgan fingerprint density at radius 2 is 1.53 bits per heavy atom. The SMILES string of the molecule is CC.CCCCCC1CCC1C1CCCC1.O. The summed E-state index contributed by atoms with van der Waals surface area (Å²) < 4.78 is 0. The molecule has 1 heteroatoms. The van der Waals surface area contributed by atoms with Gasteiger partial charge in [0.1, 0.15) is 0 Å². The molecule has 0 saturated heterocycles. The fourth-order valence-corrected chi connectivity index (χ4v) is 3.62. The Hall–Kier alpha value is -0.0400. The zero-order valence-electron chi connectivity index (χ0n) is 12.3. The summed E-state index contributed by atoms with van der Waals surface area (Å²) in [7, 11) is 0. The highest BCUT2D eigenvalue weighted by atomic mass is 16.0. The van der Waals surface area contributed by atoms with Gasteiger partial charge in [-0.3, -0.25) is 0 Å². The van der Waals surface area contributed by atoms with Gasteiger partial charge >= 0.3 is 0 Å². The third kappa shape index (κ3) is 4.99. The third-order valence-corrected chi connectivity index (χ3v) is 4.66. The summed E-state index contributed by atoms with van der Waals surface area (Å²) >= 11 is 0. The Morgan fingerprint density at radius 1 is 0.882 bits per heavy atom. The summed E-state index contributed by atoms with van der Waals surface area (Å²) in [4.78, 5) is 0. The lowest BCUT2D eigenvalue weighted by atomic mass is 9.65. The molecule has 104 valence electrons. The van der Waals surface area contributed by atoms with E-state index in [1.54, 1.807) is 32.1 Å². The second-order valence-corrected chi connectivity index (χ2v) is 5.54. The molecule has 2 unspecified atom stereocenters. The molecule has 0 radical (unpaired) electrons. The van der Waals surface area contributed by atoms with Gasteiger partial charge in [0, 0.05) is 0 Å². The lowest BCUT2D eigenvalue weighted by molar-refractivity contribution is 0.0957. The summed E-state index contributed by atoms with van der Waals surface area (Å²) in [5.74, 6) is 3.45. The van der Waals surface area contributed by atoms with E-state index in [2.05, 4.69) is 6.92 Å². The van der Waals surface area contributed by atoms with Crippen LogP contribution in [-0.4, -0.2) is 5.48 Å². The highest BCUT2D eigenvalue weighted by Crippen LogP contribution is 2.47. The predicted molar refractivity (Wildman–Crippen MR) is 77.3 cm³/mol. The molecule has 17 heavy (non-hydrogen) atoms. The van der Waals surface area contributed by atoms with Gasteiger partial charge in [-0.25, -0.2) is 0 Å². The van der Waals surface area contributed by atoms with Crippen molar-refractivity contribution >= 4 is 0 Å². The average Bonchev–Trinajstić information content (AvgIpc) is 2.79. The normalized spacial score (nSPS) is 27.7. The lowest BCUT2D eigenvalue weighted by Gasteiger charge is -2.41. The molecule has 0 aromatic carbocycles. The third-order valence-electron chi connectivity index (χ3n) is 4.66. The number of rotatable bonds is 5. The number of hydrogen-bond acceptors (Lipinski definition) is 0. The Bertz CT molecular complexity index is 161. The van der Waals surface area contributed by atoms with Crippen LogP contribution in [0.5, 0.6) is 0 Å². The summed E-state index contributed by atoms with van der Waals surface area (Å²) in [6.07, 6.45) is 15.2. The van der Waals surface area contributed by atoms with E-state index >= 15 is 0 Å². The predicted octanol–water partition coefficient (Wildman–Crippen LogP) is 4.98. The van der Waals surface area contributed by atoms with Gasteiger partial charge in [-0.05, 0) is 30.6 Å². The van der Waals surface area contributed by atoms with Crippen molar-refractivity contribution in [2.75, 3.05) is 0 Å². The van der Waals surface area contributed by atoms with Crippen molar-refractivity contribution < 1.29 is 5.48 Å². The minimum atomic E-state index is 0. The van der Waals surface area contributed by atoms with Crippen LogP contribution in [-0.2, 0) is 0 Å². The molecule has 0 amide bonds. The minimum Gasteiger partial charge on any atom is -0.412 e. The first kappa shape index (κ1) is 17.0. The van der Waals surface area contributed by atoms with E-state index in [1.165, 1.54) is 32.1 Å². The zero-order valence-corrected chi connectivity index (χ0v) is 12.3. The van der Waals surface area contributed by atoms with Crippen molar-refractivity contribution in [2.45, 2.75) is 85.0 Å². The van der Waals surface area contributed by atoms with E-state index in [4.69, 9.17) is 0 Å². The second kappa shape index (κ2) is 9.94. The van der Waals surface area contributed by atoms with Crippen LogP contribution >= 0.6 is 0 Å². The molecule has 2 saturated carbocycles. The highest BCUT2D eigenvalue weighted by molar-refractivity contribution is 4.87. The van der Waals surface area contributed by atoms with Crippen LogP contribution in [0.2, 0.25) is 0 Å². The van der Waals surface area contributed by atoms with Crippen LogP contribution in [0.15, 0.2) is 0 Å². The minimum absolute atomic E-state index is 0. The van der Waals surface area contributed by atoms with Crippen molar-refractivity contribution in [1.29, 1.82) is 0 Å². The smallest absolute Gasteiger partial charge is 0.0357 e. The van der Waals surface area contributed by atoms with Crippen LogP contribution in [0.3, 0.4) is 0 Å². The average molecular weight is 242 g/mol. The largest absolute Gasteiger partial charge is 0.412 e. The van der Waals surface area contributed by atoms with Gasteiger partial charge < -0.3 is 5.48 Å². The Kier molecular flexibility index (Phi) is 9.91. The molecule has 2 atom stereocenters. The summed E-state index contributed by atoms with van der Waals surface area (Å²) in [5.41, 5.74) is 0. The van der Waals surface area contributed by atoms with Gasteiger partial charge in [-0.15, -0.1) is 0 Å². The molecule has 1 nitrogen and oxygen atoms in total. The maximum atomic E-state index is 2.31. The fraction of sp³-hybridized carbons (Fsp3) is 1.00. The highest BCUT2D eigenvalue weighted by Gasteiger charge is 2.36. The molecule has 2 aliphatic carbocycles. The molecule has 0 heterocycles.